The van der Waals surface area contributed by atoms with Gasteiger partial charge in [0.15, 0.2) is 15.6 Å². The molecule has 0 amide bonds. The third-order valence-electron chi connectivity index (χ3n) is 2.71. The maximum Gasteiger partial charge on any atom is 0.186 e. The van der Waals surface area contributed by atoms with Crippen molar-refractivity contribution in [2.75, 3.05) is 6.26 Å². The van der Waals surface area contributed by atoms with E-state index in [-0.39, 0.29) is 0 Å². The minimum absolute atomic E-state index is 0.293. The highest BCUT2D eigenvalue weighted by atomic mass is 32.2. The molecule has 98 valence electrons. The molecule has 2 aromatic rings. The van der Waals surface area contributed by atoms with E-state index in [1.165, 1.54) is 12.4 Å². The van der Waals surface area contributed by atoms with Gasteiger partial charge in [-0.1, -0.05) is 30.3 Å². The Labute approximate surface area is 112 Å². The van der Waals surface area contributed by atoms with Gasteiger partial charge in [-0.2, -0.15) is 0 Å². The third-order valence-corrected chi connectivity index (χ3v) is 4.06. The number of carbonyl (C=O) groups is 1. The van der Waals surface area contributed by atoms with Gasteiger partial charge >= 0.3 is 0 Å². The van der Waals surface area contributed by atoms with Crippen LogP contribution in [0, 0.1) is 0 Å². The van der Waals surface area contributed by atoms with Gasteiger partial charge in [0.2, 0.25) is 0 Å². The predicted molar refractivity (Wildman–Crippen MR) is 72.6 cm³/mol. The van der Waals surface area contributed by atoms with Gasteiger partial charge in [0.05, 0.1) is 0 Å². The average molecular weight is 275 g/mol. The summed E-state index contributed by atoms with van der Waals surface area (Å²) in [5, 5.41) is -1.18. The second kappa shape index (κ2) is 5.32. The molecule has 0 bridgehead atoms. The summed E-state index contributed by atoms with van der Waals surface area (Å²) in [4.78, 5) is 16.2. The summed E-state index contributed by atoms with van der Waals surface area (Å²) in [7, 11) is -3.54. The van der Waals surface area contributed by atoms with Crippen molar-refractivity contribution in [2.24, 2.45) is 0 Å². The molecule has 2 rings (SSSR count). The van der Waals surface area contributed by atoms with Crippen molar-refractivity contribution in [3.05, 3.63) is 66.0 Å². The highest BCUT2D eigenvalue weighted by Gasteiger charge is 2.31. The van der Waals surface area contributed by atoms with Crippen molar-refractivity contribution in [3.63, 3.8) is 0 Å². The Hall–Kier alpha value is -2.01. The summed E-state index contributed by atoms with van der Waals surface area (Å²) in [6, 6.07) is 11.7. The highest BCUT2D eigenvalue weighted by Crippen LogP contribution is 2.25. The van der Waals surface area contributed by atoms with Gasteiger partial charge in [-0.25, -0.2) is 8.42 Å². The van der Waals surface area contributed by atoms with E-state index in [9.17, 15) is 13.2 Å². The number of nitrogens with zero attached hydrogens (tertiary/aromatic N) is 1. The Balaban J connectivity index is 2.50. The number of rotatable bonds is 4. The second-order valence-electron chi connectivity index (χ2n) is 4.23. The zero-order valence-corrected chi connectivity index (χ0v) is 11.2. The number of aromatic nitrogens is 1. The summed E-state index contributed by atoms with van der Waals surface area (Å²) in [5.74, 6) is -0.457. The van der Waals surface area contributed by atoms with E-state index < -0.39 is 20.9 Å². The van der Waals surface area contributed by atoms with Gasteiger partial charge in [-0.3, -0.25) is 9.78 Å². The predicted octanol–water partition coefficient (Wildman–Crippen LogP) is 2.05. The van der Waals surface area contributed by atoms with E-state index in [0.29, 0.717) is 11.1 Å². The largest absolute Gasteiger partial charge is 0.292 e. The molecular formula is C14H13NO3S. The molecular weight excluding hydrogens is 262 g/mol. The minimum atomic E-state index is -3.54. The number of hydrogen-bond donors (Lipinski definition) is 0. The number of pyridine rings is 1. The molecule has 1 heterocycles. The van der Waals surface area contributed by atoms with E-state index in [0.717, 1.165) is 6.26 Å². The van der Waals surface area contributed by atoms with Crippen molar-refractivity contribution in [1.29, 1.82) is 0 Å². The van der Waals surface area contributed by atoms with Crippen LogP contribution in [0.5, 0.6) is 0 Å². The molecule has 0 radical (unpaired) electrons. The van der Waals surface area contributed by atoms with Gasteiger partial charge in [0.1, 0.15) is 5.25 Å². The van der Waals surface area contributed by atoms with Crippen LogP contribution in [0.15, 0.2) is 54.9 Å². The lowest BCUT2D eigenvalue weighted by molar-refractivity contribution is 0.0986. The van der Waals surface area contributed by atoms with Crippen LogP contribution >= 0.6 is 0 Å². The molecule has 0 saturated carbocycles. The first-order chi connectivity index (χ1) is 9.00. The number of hydrogen-bond acceptors (Lipinski definition) is 4. The molecule has 1 unspecified atom stereocenters. The standard InChI is InChI=1S/C14H13NO3S/c1-19(17,18)14(11-6-3-2-4-7-11)13(16)12-8-5-9-15-10-12/h2-10,14H,1H3. The van der Waals surface area contributed by atoms with E-state index >= 15 is 0 Å². The third kappa shape index (κ3) is 3.06. The molecule has 0 spiro atoms. The number of Topliss-reactive ketones (excluding diaryl/α,β-unsaturated/α-hetero) is 1. The Bertz CT molecular complexity index is 666. The van der Waals surface area contributed by atoms with Crippen LogP contribution in [0.25, 0.3) is 0 Å². The van der Waals surface area contributed by atoms with Crippen molar-refractivity contribution in [2.45, 2.75) is 5.25 Å². The van der Waals surface area contributed by atoms with E-state index in [2.05, 4.69) is 4.98 Å². The zero-order chi connectivity index (χ0) is 13.9. The monoisotopic (exact) mass is 275 g/mol. The maximum absolute atomic E-state index is 12.4. The van der Waals surface area contributed by atoms with Crippen LogP contribution in [0.4, 0.5) is 0 Å². The SMILES string of the molecule is CS(=O)(=O)C(C(=O)c1cccnc1)c1ccccc1. The number of benzene rings is 1. The number of sulfone groups is 1. The smallest absolute Gasteiger partial charge is 0.186 e. The van der Waals surface area contributed by atoms with Gasteiger partial charge in [-0.15, -0.1) is 0 Å². The summed E-state index contributed by atoms with van der Waals surface area (Å²) < 4.78 is 23.8. The quantitative estimate of drug-likeness (QED) is 0.801. The second-order valence-corrected chi connectivity index (χ2v) is 6.36. The van der Waals surface area contributed by atoms with Gasteiger partial charge in [0.25, 0.3) is 0 Å². The van der Waals surface area contributed by atoms with Crippen LogP contribution in [0.2, 0.25) is 0 Å². The Kier molecular flexibility index (Phi) is 3.76. The molecule has 0 aliphatic carbocycles. The summed E-state index contributed by atoms with van der Waals surface area (Å²) in [5.41, 5.74) is 0.764. The minimum Gasteiger partial charge on any atom is -0.292 e. The van der Waals surface area contributed by atoms with Gasteiger partial charge in [0, 0.05) is 24.2 Å². The van der Waals surface area contributed by atoms with Gasteiger partial charge in [-0.05, 0) is 17.7 Å². The zero-order valence-electron chi connectivity index (χ0n) is 10.4. The van der Waals surface area contributed by atoms with Crippen molar-refractivity contribution in [3.8, 4) is 0 Å². The van der Waals surface area contributed by atoms with Gasteiger partial charge < -0.3 is 0 Å². The fourth-order valence-corrected chi connectivity index (χ4v) is 3.06. The molecule has 0 fully saturated rings. The molecule has 1 aromatic carbocycles. The molecule has 0 aliphatic heterocycles. The molecule has 1 aromatic heterocycles. The van der Waals surface area contributed by atoms with E-state index in [4.69, 9.17) is 0 Å². The summed E-state index contributed by atoms with van der Waals surface area (Å²) in [6.07, 6.45) is 3.98. The fraction of sp³-hybridized carbons (Fsp3) is 0.143. The normalized spacial score (nSPS) is 12.9. The van der Waals surface area contributed by atoms with Crippen molar-refractivity contribution < 1.29 is 13.2 Å². The van der Waals surface area contributed by atoms with Crippen LogP contribution in [0.3, 0.4) is 0 Å². The highest BCUT2D eigenvalue weighted by molar-refractivity contribution is 7.91. The van der Waals surface area contributed by atoms with Crippen molar-refractivity contribution >= 4 is 15.6 Å². The first-order valence-corrected chi connectivity index (χ1v) is 7.63. The summed E-state index contributed by atoms with van der Waals surface area (Å²) >= 11 is 0. The molecule has 1 atom stereocenters. The average Bonchev–Trinajstić information content (AvgIpc) is 2.39. The molecule has 19 heavy (non-hydrogen) atoms. The van der Waals surface area contributed by atoms with Crippen LogP contribution < -0.4 is 0 Å². The Morgan fingerprint density at radius 2 is 1.79 bits per heavy atom. The molecule has 0 saturated heterocycles. The van der Waals surface area contributed by atoms with Crippen LogP contribution in [0.1, 0.15) is 21.2 Å². The summed E-state index contributed by atoms with van der Waals surface area (Å²) in [6.45, 7) is 0. The van der Waals surface area contributed by atoms with Crippen LogP contribution in [-0.4, -0.2) is 25.4 Å². The molecule has 0 aliphatic rings. The number of ketones is 1. The Morgan fingerprint density at radius 3 is 2.32 bits per heavy atom. The molecule has 4 nitrogen and oxygen atoms in total. The van der Waals surface area contributed by atoms with Crippen molar-refractivity contribution in [1.82, 2.24) is 4.98 Å². The molecule has 5 heteroatoms. The number of carbonyl (C=O) groups excluding carboxylic acids is 1. The topological polar surface area (TPSA) is 64.1 Å². The Morgan fingerprint density at radius 1 is 1.11 bits per heavy atom. The lowest BCUT2D eigenvalue weighted by Crippen LogP contribution is -2.21. The van der Waals surface area contributed by atoms with E-state index in [1.807, 2.05) is 0 Å². The molecule has 0 N–H and O–H groups in total. The first kappa shape index (κ1) is 13.4. The first-order valence-electron chi connectivity index (χ1n) is 5.68. The lowest BCUT2D eigenvalue weighted by Gasteiger charge is -2.14. The maximum atomic E-state index is 12.4. The van der Waals surface area contributed by atoms with E-state index in [1.54, 1.807) is 42.5 Å². The van der Waals surface area contributed by atoms with Crippen LogP contribution in [-0.2, 0) is 9.84 Å². The lowest BCUT2D eigenvalue weighted by atomic mass is 10.0. The fourth-order valence-electron chi connectivity index (χ4n) is 1.88.